The van der Waals surface area contributed by atoms with Gasteiger partial charge in [0.25, 0.3) is 5.91 Å². The van der Waals surface area contributed by atoms with Gasteiger partial charge in [-0.15, -0.1) is 0 Å². The van der Waals surface area contributed by atoms with Gasteiger partial charge in [-0.05, 0) is 61.4 Å². The van der Waals surface area contributed by atoms with Crippen LogP contribution >= 0.6 is 0 Å². The third-order valence-electron chi connectivity index (χ3n) is 5.22. The number of carbonyl (C=O) groups excluding carboxylic acids is 1. The summed E-state index contributed by atoms with van der Waals surface area (Å²) in [5.74, 6) is 0.993. The summed E-state index contributed by atoms with van der Waals surface area (Å²) in [6, 6.07) is 19.4. The predicted octanol–water partition coefficient (Wildman–Crippen LogP) is 4.80. The zero-order chi connectivity index (χ0) is 21.8. The average molecular weight is 417 g/mol. The number of para-hydroxylation sites is 3. The van der Waals surface area contributed by atoms with Gasteiger partial charge in [-0.2, -0.15) is 0 Å². The number of carbonyl (C=O) groups is 1. The summed E-state index contributed by atoms with van der Waals surface area (Å²) in [4.78, 5) is 17.1. The van der Waals surface area contributed by atoms with Crippen LogP contribution in [0.3, 0.4) is 0 Å². The second-order valence-electron chi connectivity index (χ2n) is 7.43. The van der Waals surface area contributed by atoms with Gasteiger partial charge in [-0.3, -0.25) is 4.79 Å². The Balaban J connectivity index is 1.50. The number of hydrogen-bond acceptors (Lipinski definition) is 3. The van der Waals surface area contributed by atoms with Crippen LogP contribution in [-0.2, 0) is 13.1 Å². The molecule has 1 aromatic heterocycles. The first-order valence-corrected chi connectivity index (χ1v) is 10.2. The molecule has 0 spiro atoms. The standard InChI is InChI=1S/C25H24FN3O2/c1-17-6-5-7-18(2)24(17)31-15-14-29-22-9-4-3-8-21(22)28-23(29)16-27-25(30)19-10-12-20(26)13-11-19/h3-13H,14-16H2,1-2H3,(H,27,30). The Bertz CT molecular complexity index is 1200. The Morgan fingerprint density at radius 1 is 1.00 bits per heavy atom. The molecule has 0 saturated heterocycles. The van der Waals surface area contributed by atoms with E-state index >= 15 is 0 Å². The smallest absolute Gasteiger partial charge is 0.251 e. The quantitative estimate of drug-likeness (QED) is 0.470. The Morgan fingerprint density at radius 2 is 1.71 bits per heavy atom. The summed E-state index contributed by atoms with van der Waals surface area (Å²) >= 11 is 0. The van der Waals surface area contributed by atoms with Crippen molar-refractivity contribution in [3.8, 4) is 5.75 Å². The topological polar surface area (TPSA) is 56.1 Å². The van der Waals surface area contributed by atoms with Crippen LogP contribution in [0, 0.1) is 19.7 Å². The van der Waals surface area contributed by atoms with Crippen LogP contribution in [0.4, 0.5) is 4.39 Å². The van der Waals surface area contributed by atoms with Crippen LogP contribution in [0.15, 0.2) is 66.7 Å². The normalized spacial score (nSPS) is 10.9. The van der Waals surface area contributed by atoms with Crippen molar-refractivity contribution in [1.82, 2.24) is 14.9 Å². The Kier molecular flexibility index (Phi) is 5.98. The summed E-state index contributed by atoms with van der Waals surface area (Å²) in [7, 11) is 0. The third-order valence-corrected chi connectivity index (χ3v) is 5.22. The first-order chi connectivity index (χ1) is 15.0. The van der Waals surface area contributed by atoms with E-state index in [-0.39, 0.29) is 18.3 Å². The molecule has 3 aromatic carbocycles. The molecule has 0 aliphatic carbocycles. The number of hydrogen-bond donors (Lipinski definition) is 1. The molecule has 4 aromatic rings. The molecule has 0 aliphatic heterocycles. The fourth-order valence-corrected chi connectivity index (χ4v) is 3.64. The minimum absolute atomic E-state index is 0.258. The number of halogens is 1. The van der Waals surface area contributed by atoms with Crippen molar-refractivity contribution in [1.29, 1.82) is 0 Å². The molecule has 0 unspecified atom stereocenters. The summed E-state index contributed by atoms with van der Waals surface area (Å²) in [6.07, 6.45) is 0. The number of aryl methyl sites for hydroxylation is 2. The first kappa shape index (κ1) is 20.6. The van der Waals surface area contributed by atoms with Gasteiger partial charge in [0.05, 0.1) is 24.1 Å². The van der Waals surface area contributed by atoms with E-state index in [2.05, 4.69) is 14.9 Å². The molecule has 31 heavy (non-hydrogen) atoms. The monoisotopic (exact) mass is 417 g/mol. The van der Waals surface area contributed by atoms with Gasteiger partial charge >= 0.3 is 0 Å². The zero-order valence-corrected chi connectivity index (χ0v) is 17.6. The Morgan fingerprint density at radius 3 is 2.45 bits per heavy atom. The molecule has 1 N–H and O–H groups in total. The van der Waals surface area contributed by atoms with Gasteiger partial charge in [0.2, 0.25) is 0 Å². The summed E-state index contributed by atoms with van der Waals surface area (Å²) < 4.78 is 21.2. The Labute approximate surface area is 180 Å². The van der Waals surface area contributed by atoms with Crippen molar-refractivity contribution in [2.24, 2.45) is 0 Å². The van der Waals surface area contributed by atoms with E-state index < -0.39 is 0 Å². The largest absolute Gasteiger partial charge is 0.491 e. The van der Waals surface area contributed by atoms with E-state index in [1.807, 2.05) is 56.3 Å². The molecule has 1 amide bonds. The predicted molar refractivity (Wildman–Crippen MR) is 119 cm³/mol. The minimum atomic E-state index is -0.373. The minimum Gasteiger partial charge on any atom is -0.491 e. The maximum absolute atomic E-state index is 13.1. The molecule has 0 bridgehead atoms. The molecule has 0 aliphatic rings. The van der Waals surface area contributed by atoms with Crippen molar-refractivity contribution in [2.45, 2.75) is 26.9 Å². The molecule has 5 nitrogen and oxygen atoms in total. The summed E-state index contributed by atoms with van der Waals surface area (Å²) in [5.41, 5.74) is 4.45. The van der Waals surface area contributed by atoms with E-state index in [1.165, 1.54) is 24.3 Å². The molecule has 4 rings (SSSR count). The van der Waals surface area contributed by atoms with E-state index in [0.717, 1.165) is 33.7 Å². The van der Waals surface area contributed by atoms with E-state index in [4.69, 9.17) is 4.74 Å². The number of fused-ring (bicyclic) bond motifs is 1. The second-order valence-corrected chi connectivity index (χ2v) is 7.43. The second kappa shape index (κ2) is 9.00. The number of benzene rings is 3. The summed E-state index contributed by atoms with van der Waals surface area (Å²) in [6.45, 7) is 5.39. The molecule has 0 saturated carbocycles. The van der Waals surface area contributed by atoms with Crippen molar-refractivity contribution in [3.63, 3.8) is 0 Å². The van der Waals surface area contributed by atoms with Gasteiger partial charge in [0.1, 0.15) is 24.0 Å². The third kappa shape index (κ3) is 4.58. The van der Waals surface area contributed by atoms with Crippen LogP contribution in [0.2, 0.25) is 0 Å². The molecule has 0 fully saturated rings. The molecular formula is C25H24FN3O2. The number of rotatable bonds is 7. The Hall–Kier alpha value is -3.67. The number of nitrogens with one attached hydrogen (secondary N) is 1. The number of imidazole rings is 1. The van der Waals surface area contributed by atoms with E-state index in [9.17, 15) is 9.18 Å². The number of nitrogens with zero attached hydrogens (tertiary/aromatic N) is 2. The highest BCUT2D eigenvalue weighted by molar-refractivity contribution is 5.94. The SMILES string of the molecule is Cc1cccc(C)c1OCCn1c(CNC(=O)c2ccc(F)cc2)nc2ccccc21. The van der Waals surface area contributed by atoms with Crippen LogP contribution in [0.5, 0.6) is 5.75 Å². The lowest BCUT2D eigenvalue weighted by Gasteiger charge is -2.14. The van der Waals surface area contributed by atoms with Crippen molar-refractivity contribution < 1.29 is 13.9 Å². The van der Waals surface area contributed by atoms with Crippen molar-refractivity contribution in [3.05, 3.63) is 95.1 Å². The average Bonchev–Trinajstić information content (AvgIpc) is 3.12. The van der Waals surface area contributed by atoms with Crippen LogP contribution < -0.4 is 10.1 Å². The maximum atomic E-state index is 13.1. The van der Waals surface area contributed by atoms with Gasteiger partial charge < -0.3 is 14.6 Å². The van der Waals surface area contributed by atoms with Gasteiger partial charge in [0.15, 0.2) is 0 Å². The number of aromatic nitrogens is 2. The number of amides is 1. The van der Waals surface area contributed by atoms with E-state index in [0.29, 0.717) is 18.7 Å². The highest BCUT2D eigenvalue weighted by Crippen LogP contribution is 2.23. The fraction of sp³-hybridized carbons (Fsp3) is 0.200. The van der Waals surface area contributed by atoms with Crippen LogP contribution in [-0.4, -0.2) is 22.1 Å². The lowest BCUT2D eigenvalue weighted by Crippen LogP contribution is -2.25. The van der Waals surface area contributed by atoms with E-state index in [1.54, 1.807) is 0 Å². The molecule has 0 radical (unpaired) electrons. The molecule has 6 heteroatoms. The van der Waals surface area contributed by atoms with Crippen molar-refractivity contribution in [2.75, 3.05) is 6.61 Å². The molecule has 158 valence electrons. The van der Waals surface area contributed by atoms with Gasteiger partial charge in [0, 0.05) is 5.56 Å². The highest BCUT2D eigenvalue weighted by Gasteiger charge is 2.13. The molecule has 0 atom stereocenters. The van der Waals surface area contributed by atoms with Gasteiger partial charge in [-0.25, -0.2) is 9.37 Å². The van der Waals surface area contributed by atoms with Crippen LogP contribution in [0.1, 0.15) is 27.3 Å². The zero-order valence-electron chi connectivity index (χ0n) is 17.6. The molecular weight excluding hydrogens is 393 g/mol. The first-order valence-electron chi connectivity index (χ1n) is 10.2. The lowest BCUT2D eigenvalue weighted by atomic mass is 10.1. The summed E-state index contributed by atoms with van der Waals surface area (Å²) in [5, 5.41) is 2.88. The van der Waals surface area contributed by atoms with Crippen LogP contribution in [0.25, 0.3) is 11.0 Å². The maximum Gasteiger partial charge on any atom is 0.251 e. The fourth-order valence-electron chi connectivity index (χ4n) is 3.64. The molecule has 1 heterocycles. The van der Waals surface area contributed by atoms with Gasteiger partial charge in [-0.1, -0.05) is 30.3 Å². The lowest BCUT2D eigenvalue weighted by molar-refractivity contribution is 0.0949. The van der Waals surface area contributed by atoms with Crippen molar-refractivity contribution >= 4 is 16.9 Å². The highest BCUT2D eigenvalue weighted by atomic mass is 19.1. The number of ether oxygens (including phenoxy) is 1.